The Bertz CT molecular complexity index is 655. The second kappa shape index (κ2) is 7.95. The monoisotopic (exact) mass is 326 g/mol. The van der Waals surface area contributed by atoms with Gasteiger partial charge in [-0.3, -0.25) is 5.10 Å². The van der Waals surface area contributed by atoms with Gasteiger partial charge in [-0.25, -0.2) is 0 Å². The fraction of sp³-hybridized carbons (Fsp3) is 0.444. The molecule has 0 radical (unpaired) electrons. The van der Waals surface area contributed by atoms with E-state index in [4.69, 9.17) is 10.00 Å². The predicted octanol–water partition coefficient (Wildman–Crippen LogP) is 1.90. The summed E-state index contributed by atoms with van der Waals surface area (Å²) in [7, 11) is 0. The number of hydrogen-bond donors (Lipinski definition) is 2. The largest absolute Gasteiger partial charge is 0.491 e. The topological polar surface area (TPSA) is 85.2 Å². The molecule has 6 nitrogen and oxygen atoms in total. The first-order valence-corrected chi connectivity index (χ1v) is 8.26. The predicted molar refractivity (Wildman–Crippen MR) is 89.7 cm³/mol. The number of rotatable bonds is 6. The minimum atomic E-state index is -0.522. The molecular weight excluding hydrogens is 304 g/mol. The molecular formula is C18H22N4O2. The minimum Gasteiger partial charge on any atom is -0.491 e. The third-order valence-electron chi connectivity index (χ3n) is 4.47. The first-order valence-electron chi connectivity index (χ1n) is 8.26. The molecule has 0 spiro atoms. The van der Waals surface area contributed by atoms with Gasteiger partial charge in [-0.2, -0.15) is 10.4 Å². The number of piperidine rings is 1. The lowest BCUT2D eigenvalue weighted by Crippen LogP contribution is -2.40. The number of hydrogen-bond acceptors (Lipinski definition) is 5. The molecule has 1 unspecified atom stereocenters. The van der Waals surface area contributed by atoms with Crippen LogP contribution in [0.3, 0.4) is 0 Å². The number of nitriles is 1. The van der Waals surface area contributed by atoms with Crippen LogP contribution in [0.5, 0.6) is 5.75 Å². The van der Waals surface area contributed by atoms with Gasteiger partial charge in [-0.05, 0) is 61.7 Å². The van der Waals surface area contributed by atoms with E-state index in [1.165, 1.54) is 5.56 Å². The molecule has 1 aliphatic rings. The standard InChI is InChI=1S/C18H22N4O2/c19-9-14-1-3-18(4-2-14)24-13-17(23)12-22-7-5-15(6-8-22)16-10-20-21-11-16/h1-4,10-11,15,17,23H,5-8,12-13H2,(H,20,21). The third kappa shape index (κ3) is 4.34. The highest BCUT2D eigenvalue weighted by Gasteiger charge is 2.22. The summed E-state index contributed by atoms with van der Waals surface area (Å²) in [5, 5.41) is 25.8. The molecule has 1 aromatic carbocycles. The lowest BCUT2D eigenvalue weighted by molar-refractivity contribution is 0.0594. The Hall–Kier alpha value is -2.36. The number of ether oxygens (including phenoxy) is 1. The molecule has 24 heavy (non-hydrogen) atoms. The van der Waals surface area contributed by atoms with E-state index < -0.39 is 6.10 Å². The van der Waals surface area contributed by atoms with Crippen LogP contribution in [0, 0.1) is 11.3 Å². The Labute approximate surface area is 141 Å². The van der Waals surface area contributed by atoms with Gasteiger partial charge in [-0.1, -0.05) is 0 Å². The molecule has 3 rings (SSSR count). The van der Waals surface area contributed by atoms with Crippen LogP contribution in [0.15, 0.2) is 36.7 Å². The summed E-state index contributed by atoms with van der Waals surface area (Å²) in [5.41, 5.74) is 1.88. The van der Waals surface area contributed by atoms with Gasteiger partial charge in [0.1, 0.15) is 18.5 Å². The lowest BCUT2D eigenvalue weighted by atomic mass is 9.91. The molecule has 0 bridgehead atoms. The summed E-state index contributed by atoms with van der Waals surface area (Å²) in [6.07, 6.45) is 5.53. The summed E-state index contributed by atoms with van der Waals surface area (Å²) in [5.74, 6) is 1.23. The van der Waals surface area contributed by atoms with E-state index in [0.29, 0.717) is 23.8 Å². The van der Waals surface area contributed by atoms with Crippen LogP contribution in [0.4, 0.5) is 0 Å². The Morgan fingerprint density at radius 1 is 1.33 bits per heavy atom. The number of H-pyrrole nitrogens is 1. The van der Waals surface area contributed by atoms with Gasteiger partial charge in [0.25, 0.3) is 0 Å². The highest BCUT2D eigenvalue weighted by Crippen LogP contribution is 2.27. The minimum absolute atomic E-state index is 0.257. The molecule has 2 aromatic rings. The first kappa shape index (κ1) is 16.5. The van der Waals surface area contributed by atoms with E-state index in [1.807, 2.05) is 12.4 Å². The zero-order valence-electron chi connectivity index (χ0n) is 13.6. The van der Waals surface area contributed by atoms with Crippen molar-refractivity contribution in [3.63, 3.8) is 0 Å². The van der Waals surface area contributed by atoms with Crippen LogP contribution in [0.2, 0.25) is 0 Å². The molecule has 1 saturated heterocycles. The van der Waals surface area contributed by atoms with Crippen molar-refractivity contribution >= 4 is 0 Å². The first-order chi connectivity index (χ1) is 11.7. The number of aromatic nitrogens is 2. The molecule has 6 heteroatoms. The summed E-state index contributed by atoms with van der Waals surface area (Å²) in [6.45, 7) is 2.83. The number of nitrogens with zero attached hydrogens (tertiary/aromatic N) is 3. The van der Waals surface area contributed by atoms with Crippen LogP contribution in [-0.2, 0) is 0 Å². The Balaban J connectivity index is 1.39. The maximum Gasteiger partial charge on any atom is 0.119 e. The van der Waals surface area contributed by atoms with Crippen LogP contribution < -0.4 is 4.74 Å². The number of aliphatic hydroxyl groups is 1. The van der Waals surface area contributed by atoms with Crippen LogP contribution in [0.1, 0.15) is 29.9 Å². The molecule has 2 heterocycles. The number of nitrogens with one attached hydrogen (secondary N) is 1. The van der Waals surface area contributed by atoms with Crippen LogP contribution in [-0.4, -0.2) is 52.5 Å². The maximum absolute atomic E-state index is 10.2. The average Bonchev–Trinajstić information content (AvgIpc) is 3.16. The SMILES string of the molecule is N#Cc1ccc(OCC(O)CN2CCC(c3cn[nH]c3)CC2)cc1. The maximum atomic E-state index is 10.2. The summed E-state index contributed by atoms with van der Waals surface area (Å²) < 4.78 is 5.59. The molecule has 0 saturated carbocycles. The summed E-state index contributed by atoms with van der Waals surface area (Å²) >= 11 is 0. The van der Waals surface area contributed by atoms with E-state index >= 15 is 0 Å². The van der Waals surface area contributed by atoms with Crippen LogP contribution >= 0.6 is 0 Å². The van der Waals surface area contributed by atoms with Gasteiger partial charge in [0.15, 0.2) is 0 Å². The normalized spacial score (nSPS) is 17.3. The second-order valence-corrected chi connectivity index (χ2v) is 6.21. The Kier molecular flexibility index (Phi) is 5.47. The van der Waals surface area contributed by atoms with Crippen molar-refractivity contribution in [3.05, 3.63) is 47.8 Å². The molecule has 0 amide bonds. The van der Waals surface area contributed by atoms with Gasteiger partial charge in [0.2, 0.25) is 0 Å². The summed E-state index contributed by atoms with van der Waals surface area (Å²) in [6, 6.07) is 8.99. The zero-order chi connectivity index (χ0) is 16.8. The van der Waals surface area contributed by atoms with Crippen molar-refractivity contribution in [2.24, 2.45) is 0 Å². The van der Waals surface area contributed by atoms with Crippen molar-refractivity contribution in [2.45, 2.75) is 24.9 Å². The van der Waals surface area contributed by atoms with Crippen LogP contribution in [0.25, 0.3) is 0 Å². The molecule has 2 N–H and O–H groups in total. The summed E-state index contributed by atoms with van der Waals surface area (Å²) in [4.78, 5) is 2.28. The highest BCUT2D eigenvalue weighted by molar-refractivity contribution is 5.34. The molecule has 1 fully saturated rings. The average molecular weight is 326 g/mol. The van der Waals surface area contributed by atoms with E-state index in [-0.39, 0.29) is 6.61 Å². The lowest BCUT2D eigenvalue weighted by Gasteiger charge is -2.32. The van der Waals surface area contributed by atoms with Gasteiger partial charge in [0.05, 0.1) is 17.8 Å². The molecule has 1 aliphatic heterocycles. The molecule has 1 atom stereocenters. The molecule has 0 aliphatic carbocycles. The quantitative estimate of drug-likeness (QED) is 0.847. The number of likely N-dealkylation sites (tertiary alicyclic amines) is 1. The number of benzene rings is 1. The Morgan fingerprint density at radius 3 is 2.71 bits per heavy atom. The number of aromatic amines is 1. The number of β-amino-alcohol motifs (C(OH)–C–C–N with tert-alkyl or cyclic N) is 1. The number of aliphatic hydroxyl groups excluding tert-OH is 1. The zero-order valence-corrected chi connectivity index (χ0v) is 13.6. The third-order valence-corrected chi connectivity index (χ3v) is 4.47. The fourth-order valence-corrected chi connectivity index (χ4v) is 3.10. The van der Waals surface area contributed by atoms with Crippen molar-refractivity contribution in [3.8, 4) is 11.8 Å². The van der Waals surface area contributed by atoms with E-state index in [0.717, 1.165) is 25.9 Å². The van der Waals surface area contributed by atoms with Crippen molar-refractivity contribution in [2.75, 3.05) is 26.2 Å². The Morgan fingerprint density at radius 2 is 2.08 bits per heavy atom. The molecule has 1 aromatic heterocycles. The van der Waals surface area contributed by atoms with Crippen molar-refractivity contribution < 1.29 is 9.84 Å². The second-order valence-electron chi connectivity index (χ2n) is 6.21. The highest BCUT2D eigenvalue weighted by atomic mass is 16.5. The fourth-order valence-electron chi connectivity index (χ4n) is 3.10. The van der Waals surface area contributed by atoms with E-state index in [1.54, 1.807) is 24.3 Å². The van der Waals surface area contributed by atoms with Crippen molar-refractivity contribution in [1.29, 1.82) is 5.26 Å². The van der Waals surface area contributed by atoms with Gasteiger partial charge >= 0.3 is 0 Å². The smallest absolute Gasteiger partial charge is 0.119 e. The molecule has 126 valence electrons. The van der Waals surface area contributed by atoms with Gasteiger partial charge < -0.3 is 14.7 Å². The van der Waals surface area contributed by atoms with Gasteiger partial charge in [-0.15, -0.1) is 0 Å². The van der Waals surface area contributed by atoms with E-state index in [9.17, 15) is 5.11 Å². The van der Waals surface area contributed by atoms with Crippen molar-refractivity contribution in [1.82, 2.24) is 15.1 Å². The van der Waals surface area contributed by atoms with Gasteiger partial charge in [0, 0.05) is 12.7 Å². The van der Waals surface area contributed by atoms with E-state index in [2.05, 4.69) is 21.2 Å².